The summed E-state index contributed by atoms with van der Waals surface area (Å²) >= 11 is 3.23. The third kappa shape index (κ3) is 5.08. The summed E-state index contributed by atoms with van der Waals surface area (Å²) in [6.45, 7) is 6.61. The van der Waals surface area contributed by atoms with E-state index in [9.17, 15) is 4.79 Å². The minimum atomic E-state index is -0.0358. The second-order valence-electron chi connectivity index (χ2n) is 4.42. The summed E-state index contributed by atoms with van der Waals surface area (Å²) in [5.74, 6) is 0.891. The van der Waals surface area contributed by atoms with Crippen LogP contribution in [0.5, 0.6) is 5.75 Å². The number of nitrogens with one attached hydrogen (secondary N) is 1. The highest BCUT2D eigenvalue weighted by molar-refractivity contribution is 9.09. The molecular formula is C14H20BrNO2. The Hall–Kier alpha value is -1.03. The predicted molar refractivity (Wildman–Crippen MR) is 77.4 cm³/mol. The van der Waals surface area contributed by atoms with E-state index >= 15 is 0 Å². The lowest BCUT2D eigenvalue weighted by molar-refractivity contribution is -0.121. The van der Waals surface area contributed by atoms with Gasteiger partial charge in [0.05, 0.1) is 6.54 Å². The summed E-state index contributed by atoms with van der Waals surface area (Å²) in [7, 11) is 0. The van der Waals surface area contributed by atoms with Crippen molar-refractivity contribution in [2.24, 2.45) is 0 Å². The van der Waals surface area contributed by atoms with Gasteiger partial charge in [-0.05, 0) is 44.0 Å². The molecule has 0 spiro atoms. The second-order valence-corrected chi connectivity index (χ2v) is 5.21. The fraction of sp³-hybridized carbons (Fsp3) is 0.500. The molecule has 0 saturated carbocycles. The quantitative estimate of drug-likeness (QED) is 0.820. The lowest BCUT2D eigenvalue weighted by Crippen LogP contribution is -2.33. The maximum atomic E-state index is 11.3. The molecule has 3 nitrogen and oxygen atoms in total. The number of halogens is 1. The Kier molecular flexibility index (Phi) is 6.19. The van der Waals surface area contributed by atoms with Crippen molar-refractivity contribution in [3.05, 3.63) is 29.3 Å². The molecule has 0 aliphatic heterocycles. The van der Waals surface area contributed by atoms with Crippen LogP contribution in [0, 0.1) is 13.8 Å². The highest BCUT2D eigenvalue weighted by Crippen LogP contribution is 2.17. The van der Waals surface area contributed by atoms with E-state index in [-0.39, 0.29) is 12.0 Å². The molecule has 1 atom stereocenters. The first-order valence-electron chi connectivity index (χ1n) is 6.09. The van der Waals surface area contributed by atoms with Crippen molar-refractivity contribution in [1.29, 1.82) is 0 Å². The summed E-state index contributed by atoms with van der Waals surface area (Å²) in [5.41, 5.74) is 2.46. The molecule has 18 heavy (non-hydrogen) atoms. The molecule has 0 fully saturated rings. The average Bonchev–Trinajstić information content (AvgIpc) is 2.32. The zero-order chi connectivity index (χ0) is 13.5. The van der Waals surface area contributed by atoms with Crippen LogP contribution in [0.2, 0.25) is 0 Å². The monoisotopic (exact) mass is 313 g/mol. The molecule has 0 aliphatic rings. The molecule has 1 amide bonds. The van der Waals surface area contributed by atoms with E-state index in [4.69, 9.17) is 4.74 Å². The highest BCUT2D eigenvalue weighted by atomic mass is 79.9. The number of hydrogen-bond acceptors (Lipinski definition) is 2. The van der Waals surface area contributed by atoms with E-state index in [2.05, 4.69) is 35.1 Å². The van der Waals surface area contributed by atoms with Crippen molar-refractivity contribution in [1.82, 2.24) is 5.32 Å². The van der Waals surface area contributed by atoms with Crippen LogP contribution in [0.25, 0.3) is 0 Å². The molecule has 0 radical (unpaired) electrons. The van der Waals surface area contributed by atoms with E-state index in [0.29, 0.717) is 18.3 Å². The van der Waals surface area contributed by atoms with Crippen LogP contribution in [-0.4, -0.2) is 23.9 Å². The Labute approximate surface area is 117 Å². The number of benzene rings is 1. The summed E-state index contributed by atoms with van der Waals surface area (Å²) < 4.78 is 5.75. The van der Waals surface area contributed by atoms with Crippen LogP contribution < -0.4 is 10.1 Å². The molecule has 1 rings (SSSR count). The van der Waals surface area contributed by atoms with Crippen molar-refractivity contribution >= 4 is 21.8 Å². The Morgan fingerprint density at radius 3 is 2.72 bits per heavy atom. The van der Waals surface area contributed by atoms with Crippen LogP contribution in [0.4, 0.5) is 0 Å². The van der Waals surface area contributed by atoms with Gasteiger partial charge in [-0.2, -0.15) is 0 Å². The first-order chi connectivity index (χ1) is 8.52. The maximum absolute atomic E-state index is 11.3. The van der Waals surface area contributed by atoms with Crippen molar-refractivity contribution in [3.8, 4) is 5.75 Å². The van der Waals surface area contributed by atoms with Crippen molar-refractivity contribution < 1.29 is 9.53 Å². The first kappa shape index (κ1) is 15.0. The van der Waals surface area contributed by atoms with Gasteiger partial charge in [-0.25, -0.2) is 0 Å². The Morgan fingerprint density at radius 2 is 2.11 bits per heavy atom. The molecule has 1 aromatic carbocycles. The molecule has 0 aromatic heterocycles. The Morgan fingerprint density at radius 1 is 1.39 bits per heavy atom. The number of carbonyl (C=O) groups excluding carboxylic acids is 1. The summed E-state index contributed by atoms with van der Waals surface area (Å²) in [6.07, 6.45) is 0.461. The van der Waals surface area contributed by atoms with E-state index < -0.39 is 0 Å². The summed E-state index contributed by atoms with van der Waals surface area (Å²) in [4.78, 5) is 11.3. The van der Waals surface area contributed by atoms with Crippen molar-refractivity contribution in [2.45, 2.75) is 33.3 Å². The Balaban J connectivity index is 2.42. The number of ether oxygens (including phenoxy) is 1. The summed E-state index contributed by atoms with van der Waals surface area (Å²) in [5, 5.41) is 3.52. The van der Waals surface area contributed by atoms with Gasteiger partial charge in [-0.3, -0.25) is 4.79 Å². The number of amides is 1. The van der Waals surface area contributed by atoms with Crippen molar-refractivity contribution in [2.75, 3.05) is 11.9 Å². The molecule has 1 N–H and O–H groups in total. The fourth-order valence-corrected chi connectivity index (χ4v) is 1.85. The molecule has 1 aromatic rings. The van der Waals surface area contributed by atoms with E-state index in [0.717, 1.165) is 5.75 Å². The van der Waals surface area contributed by atoms with Crippen LogP contribution in [-0.2, 0) is 4.79 Å². The predicted octanol–water partition coefficient (Wildman–Crippen LogP) is 2.97. The van der Waals surface area contributed by atoms with Gasteiger partial charge < -0.3 is 10.1 Å². The van der Waals surface area contributed by atoms with E-state index in [1.54, 1.807) is 0 Å². The van der Waals surface area contributed by atoms with Crippen LogP contribution in [0.1, 0.15) is 24.5 Å². The van der Waals surface area contributed by atoms with Crippen LogP contribution in [0.15, 0.2) is 18.2 Å². The number of rotatable bonds is 6. The third-order valence-corrected chi connectivity index (χ3v) is 3.12. The molecule has 1 unspecified atom stereocenters. The lowest BCUT2D eigenvalue weighted by Gasteiger charge is -2.16. The topological polar surface area (TPSA) is 38.3 Å². The lowest BCUT2D eigenvalue weighted by atomic mass is 10.1. The molecule has 0 bridgehead atoms. The molecular weight excluding hydrogens is 294 g/mol. The molecule has 100 valence electrons. The van der Waals surface area contributed by atoms with Gasteiger partial charge in [-0.15, -0.1) is 0 Å². The largest absolute Gasteiger partial charge is 0.489 e. The molecule has 0 saturated heterocycles. The fourth-order valence-electron chi connectivity index (χ4n) is 1.49. The minimum Gasteiger partial charge on any atom is -0.489 e. The average molecular weight is 314 g/mol. The van der Waals surface area contributed by atoms with Crippen LogP contribution >= 0.6 is 15.9 Å². The van der Waals surface area contributed by atoms with E-state index in [1.807, 2.05) is 25.1 Å². The van der Waals surface area contributed by atoms with Gasteiger partial charge in [0, 0.05) is 11.8 Å². The SMILES string of the molecule is Cc1ccc(OC(C)CNC(=O)CCBr)cc1C. The molecule has 4 heteroatoms. The zero-order valence-corrected chi connectivity index (χ0v) is 12.7. The molecule has 0 aliphatic carbocycles. The second kappa shape index (κ2) is 7.41. The van der Waals surface area contributed by atoms with Gasteiger partial charge >= 0.3 is 0 Å². The normalized spacial score (nSPS) is 12.0. The highest BCUT2D eigenvalue weighted by Gasteiger charge is 2.07. The van der Waals surface area contributed by atoms with E-state index in [1.165, 1.54) is 11.1 Å². The minimum absolute atomic E-state index is 0.0358. The Bertz CT molecular complexity index is 407. The third-order valence-electron chi connectivity index (χ3n) is 2.72. The van der Waals surface area contributed by atoms with Gasteiger partial charge in [0.25, 0.3) is 0 Å². The standard InChI is InChI=1S/C14H20BrNO2/c1-10-4-5-13(8-11(10)2)18-12(3)9-16-14(17)6-7-15/h4-5,8,12H,6-7,9H2,1-3H3,(H,16,17). The van der Waals surface area contributed by atoms with Crippen LogP contribution in [0.3, 0.4) is 0 Å². The number of aryl methyl sites for hydroxylation is 2. The van der Waals surface area contributed by atoms with Gasteiger partial charge in [-0.1, -0.05) is 22.0 Å². The van der Waals surface area contributed by atoms with Crippen molar-refractivity contribution in [3.63, 3.8) is 0 Å². The smallest absolute Gasteiger partial charge is 0.220 e. The van der Waals surface area contributed by atoms with Gasteiger partial charge in [0.2, 0.25) is 5.91 Å². The zero-order valence-electron chi connectivity index (χ0n) is 11.1. The number of carbonyl (C=O) groups is 1. The maximum Gasteiger partial charge on any atom is 0.220 e. The number of hydrogen-bond donors (Lipinski definition) is 1. The van der Waals surface area contributed by atoms with Gasteiger partial charge in [0.15, 0.2) is 0 Å². The summed E-state index contributed by atoms with van der Waals surface area (Å²) in [6, 6.07) is 6.02. The molecule has 0 heterocycles. The first-order valence-corrected chi connectivity index (χ1v) is 7.21. The number of alkyl halides is 1. The van der Waals surface area contributed by atoms with Gasteiger partial charge in [0.1, 0.15) is 11.9 Å².